The van der Waals surface area contributed by atoms with Crippen LogP contribution in [0.4, 0.5) is 0 Å². The molecule has 0 saturated heterocycles. The molecule has 0 radical (unpaired) electrons. The SMILES string of the molecule is COCCNCC(=O)N(C)C1CC(C)(OC)C1(C)C.Cl. The topological polar surface area (TPSA) is 50.8 Å². The van der Waals surface area contributed by atoms with Gasteiger partial charge in [0.2, 0.25) is 5.91 Å². The van der Waals surface area contributed by atoms with Crippen molar-refractivity contribution in [2.75, 3.05) is 41.0 Å². The normalized spacial score (nSPS) is 27.4. The average Bonchev–Trinajstić information content (AvgIpc) is 2.39. The number of methoxy groups -OCH3 is 2. The number of nitrogens with one attached hydrogen (secondary N) is 1. The highest BCUT2D eigenvalue weighted by molar-refractivity contribution is 5.85. The van der Waals surface area contributed by atoms with Crippen LogP contribution in [-0.4, -0.2) is 63.4 Å². The van der Waals surface area contributed by atoms with Crippen molar-refractivity contribution in [1.82, 2.24) is 10.2 Å². The Balaban J connectivity index is 0.00000361. The van der Waals surface area contributed by atoms with Gasteiger partial charge in [0.25, 0.3) is 0 Å². The highest BCUT2D eigenvalue weighted by atomic mass is 35.5. The number of likely N-dealkylation sites (N-methyl/N-ethyl adjacent to an activating group) is 1. The number of nitrogens with zero attached hydrogens (tertiary/aromatic N) is 1. The first kappa shape index (κ1) is 19.6. The maximum Gasteiger partial charge on any atom is 0.236 e. The molecule has 1 N–H and O–H groups in total. The molecule has 0 bridgehead atoms. The van der Waals surface area contributed by atoms with Crippen LogP contribution in [0.15, 0.2) is 0 Å². The molecule has 6 heteroatoms. The molecule has 0 aromatic carbocycles. The Morgan fingerprint density at radius 2 is 1.95 bits per heavy atom. The number of amides is 1. The molecular formula is C14H29ClN2O3. The first-order chi connectivity index (χ1) is 8.80. The van der Waals surface area contributed by atoms with E-state index in [1.807, 2.05) is 11.9 Å². The molecular weight excluding hydrogens is 280 g/mol. The van der Waals surface area contributed by atoms with Gasteiger partial charge in [-0.05, 0) is 13.3 Å². The Bertz CT molecular complexity index is 326. The van der Waals surface area contributed by atoms with Gasteiger partial charge in [-0.25, -0.2) is 0 Å². The molecule has 1 saturated carbocycles. The van der Waals surface area contributed by atoms with E-state index in [4.69, 9.17) is 9.47 Å². The average molecular weight is 309 g/mol. The summed E-state index contributed by atoms with van der Waals surface area (Å²) in [6.07, 6.45) is 0.886. The van der Waals surface area contributed by atoms with E-state index in [0.717, 1.165) is 6.42 Å². The molecule has 20 heavy (non-hydrogen) atoms. The zero-order valence-corrected chi connectivity index (χ0v) is 14.3. The summed E-state index contributed by atoms with van der Waals surface area (Å²) in [6.45, 7) is 8.10. The van der Waals surface area contributed by atoms with Gasteiger partial charge < -0.3 is 19.7 Å². The van der Waals surface area contributed by atoms with Crippen LogP contribution >= 0.6 is 12.4 Å². The molecule has 0 aromatic rings. The van der Waals surface area contributed by atoms with Crippen LogP contribution in [0.25, 0.3) is 0 Å². The smallest absolute Gasteiger partial charge is 0.236 e. The van der Waals surface area contributed by atoms with E-state index in [0.29, 0.717) is 19.7 Å². The molecule has 1 amide bonds. The summed E-state index contributed by atoms with van der Waals surface area (Å²) in [7, 11) is 5.27. The Labute approximate surface area is 128 Å². The van der Waals surface area contributed by atoms with Gasteiger partial charge in [0.1, 0.15) is 0 Å². The van der Waals surface area contributed by atoms with Gasteiger partial charge in [-0.2, -0.15) is 0 Å². The van der Waals surface area contributed by atoms with Crippen LogP contribution in [0.1, 0.15) is 27.2 Å². The van der Waals surface area contributed by atoms with Crippen molar-refractivity contribution in [2.24, 2.45) is 5.41 Å². The van der Waals surface area contributed by atoms with E-state index in [-0.39, 0.29) is 35.4 Å². The van der Waals surface area contributed by atoms with Crippen molar-refractivity contribution in [3.8, 4) is 0 Å². The third-order valence-corrected chi connectivity index (χ3v) is 4.85. The van der Waals surface area contributed by atoms with Crippen molar-refractivity contribution in [1.29, 1.82) is 0 Å². The van der Waals surface area contributed by atoms with E-state index >= 15 is 0 Å². The van der Waals surface area contributed by atoms with Gasteiger partial charge in [0.05, 0.1) is 18.8 Å². The van der Waals surface area contributed by atoms with Crippen LogP contribution in [0.5, 0.6) is 0 Å². The molecule has 1 rings (SSSR count). The van der Waals surface area contributed by atoms with Crippen molar-refractivity contribution < 1.29 is 14.3 Å². The summed E-state index contributed by atoms with van der Waals surface area (Å²) >= 11 is 0. The molecule has 2 atom stereocenters. The minimum Gasteiger partial charge on any atom is -0.383 e. The Kier molecular flexibility index (Phi) is 7.46. The monoisotopic (exact) mass is 308 g/mol. The van der Waals surface area contributed by atoms with Crippen molar-refractivity contribution in [2.45, 2.75) is 38.8 Å². The quantitative estimate of drug-likeness (QED) is 0.721. The molecule has 1 fully saturated rings. The third-order valence-electron chi connectivity index (χ3n) is 4.85. The van der Waals surface area contributed by atoms with Gasteiger partial charge in [-0.1, -0.05) is 13.8 Å². The molecule has 2 unspecified atom stereocenters. The molecule has 0 aliphatic heterocycles. The molecule has 1 aliphatic rings. The summed E-state index contributed by atoms with van der Waals surface area (Å²) in [5, 5.41) is 3.08. The van der Waals surface area contributed by atoms with E-state index in [1.165, 1.54) is 0 Å². The van der Waals surface area contributed by atoms with Gasteiger partial charge in [0.15, 0.2) is 0 Å². The molecule has 0 heterocycles. The lowest BCUT2D eigenvalue weighted by Crippen LogP contribution is -2.69. The summed E-state index contributed by atoms with van der Waals surface area (Å²) in [5.74, 6) is 0.118. The highest BCUT2D eigenvalue weighted by Gasteiger charge is 2.59. The van der Waals surface area contributed by atoms with Crippen LogP contribution in [0.3, 0.4) is 0 Å². The Morgan fingerprint density at radius 1 is 1.35 bits per heavy atom. The summed E-state index contributed by atoms with van der Waals surface area (Å²) in [6, 6.07) is 0.231. The summed E-state index contributed by atoms with van der Waals surface area (Å²) in [4.78, 5) is 14.0. The first-order valence-electron chi connectivity index (χ1n) is 6.80. The predicted octanol–water partition coefficient (Wildman–Crippen LogP) is 1.31. The highest BCUT2D eigenvalue weighted by Crippen LogP contribution is 2.53. The fraction of sp³-hybridized carbons (Fsp3) is 0.929. The fourth-order valence-electron chi connectivity index (χ4n) is 2.74. The number of hydrogen-bond acceptors (Lipinski definition) is 4. The minimum absolute atomic E-state index is 0. The van der Waals surface area contributed by atoms with E-state index in [2.05, 4.69) is 26.1 Å². The number of hydrogen-bond donors (Lipinski definition) is 1. The predicted molar refractivity (Wildman–Crippen MR) is 82.4 cm³/mol. The van der Waals surface area contributed by atoms with Crippen LogP contribution in [-0.2, 0) is 14.3 Å². The zero-order valence-electron chi connectivity index (χ0n) is 13.5. The Hall–Kier alpha value is -0.360. The molecule has 5 nitrogen and oxygen atoms in total. The summed E-state index contributed by atoms with van der Waals surface area (Å²) < 4.78 is 10.5. The van der Waals surface area contributed by atoms with Crippen molar-refractivity contribution in [3.05, 3.63) is 0 Å². The maximum absolute atomic E-state index is 12.1. The van der Waals surface area contributed by atoms with Crippen molar-refractivity contribution >= 4 is 18.3 Å². The first-order valence-corrected chi connectivity index (χ1v) is 6.80. The zero-order chi connectivity index (χ0) is 14.7. The van der Waals surface area contributed by atoms with Crippen LogP contribution in [0.2, 0.25) is 0 Å². The van der Waals surface area contributed by atoms with Gasteiger partial charge in [-0.3, -0.25) is 4.79 Å². The largest absolute Gasteiger partial charge is 0.383 e. The molecule has 1 aliphatic carbocycles. The molecule has 120 valence electrons. The second-order valence-corrected chi connectivity index (χ2v) is 6.05. The van der Waals surface area contributed by atoms with E-state index in [1.54, 1.807) is 14.2 Å². The van der Waals surface area contributed by atoms with E-state index < -0.39 is 0 Å². The molecule has 0 spiro atoms. The van der Waals surface area contributed by atoms with Gasteiger partial charge in [0, 0.05) is 39.3 Å². The number of carbonyl (C=O) groups excluding carboxylic acids is 1. The van der Waals surface area contributed by atoms with Gasteiger partial charge >= 0.3 is 0 Å². The number of ether oxygens (including phenoxy) is 2. The standard InChI is InChI=1S/C14H28N2O3.ClH/c1-13(2)11(9-14(13,3)19-6)16(4)12(17)10-15-7-8-18-5;/h11,15H,7-10H2,1-6H3;1H. The lowest BCUT2D eigenvalue weighted by Gasteiger charge is -2.61. The second kappa shape index (κ2) is 7.59. The lowest BCUT2D eigenvalue weighted by molar-refractivity contribution is -0.207. The van der Waals surface area contributed by atoms with Crippen LogP contribution in [0, 0.1) is 5.41 Å². The lowest BCUT2D eigenvalue weighted by atomic mass is 9.55. The maximum atomic E-state index is 12.1. The second-order valence-electron chi connectivity index (χ2n) is 6.05. The Morgan fingerprint density at radius 3 is 2.40 bits per heavy atom. The fourth-order valence-corrected chi connectivity index (χ4v) is 2.74. The minimum atomic E-state index is -0.143. The third kappa shape index (κ3) is 3.64. The van der Waals surface area contributed by atoms with E-state index in [9.17, 15) is 4.79 Å². The molecule has 0 aromatic heterocycles. The number of halogens is 1. The van der Waals surface area contributed by atoms with Crippen LogP contribution < -0.4 is 5.32 Å². The number of rotatable bonds is 7. The summed E-state index contributed by atoms with van der Waals surface area (Å²) in [5.41, 5.74) is -0.172. The van der Waals surface area contributed by atoms with Crippen molar-refractivity contribution in [3.63, 3.8) is 0 Å². The van der Waals surface area contributed by atoms with Gasteiger partial charge in [-0.15, -0.1) is 12.4 Å². The number of carbonyl (C=O) groups is 1.